The zero-order valence-corrected chi connectivity index (χ0v) is 9.81. The van der Waals surface area contributed by atoms with Gasteiger partial charge < -0.3 is 15.5 Å². The summed E-state index contributed by atoms with van der Waals surface area (Å²) in [5, 5.41) is 23.1. The minimum Gasteiger partial charge on any atom is -0.481 e. The van der Waals surface area contributed by atoms with Crippen LogP contribution in [-0.4, -0.2) is 35.2 Å². The van der Waals surface area contributed by atoms with Gasteiger partial charge in [0.25, 0.3) is 0 Å². The van der Waals surface area contributed by atoms with Crippen molar-refractivity contribution in [2.24, 2.45) is 11.8 Å². The summed E-state index contributed by atoms with van der Waals surface area (Å²) in [5.74, 6) is -3.68. The van der Waals surface area contributed by atoms with Crippen LogP contribution >= 0.6 is 11.3 Å². The molecule has 2 heterocycles. The predicted molar refractivity (Wildman–Crippen MR) is 62.2 cm³/mol. The van der Waals surface area contributed by atoms with Gasteiger partial charge in [-0.05, 0) is 11.4 Å². The van der Waals surface area contributed by atoms with Gasteiger partial charge in [-0.15, -0.1) is 11.3 Å². The van der Waals surface area contributed by atoms with Gasteiger partial charge in [0.05, 0.1) is 11.8 Å². The normalized spacial score (nSPS) is 28.8. The third-order valence-electron chi connectivity index (χ3n) is 3.10. The summed E-state index contributed by atoms with van der Waals surface area (Å²) in [6, 6.07) is 3.63. The molecule has 0 aromatic carbocycles. The molecule has 0 radical (unpaired) electrons. The summed E-state index contributed by atoms with van der Waals surface area (Å²) in [5.41, 5.74) is 0. The van der Waals surface area contributed by atoms with Crippen molar-refractivity contribution >= 4 is 23.3 Å². The lowest BCUT2D eigenvalue weighted by atomic mass is 9.77. The predicted octanol–water partition coefficient (Wildman–Crippen LogP) is 0.837. The minimum absolute atomic E-state index is 0.321. The molecule has 1 aromatic rings. The topological polar surface area (TPSA) is 86.6 Å². The molecule has 0 saturated carbocycles. The molecule has 6 heteroatoms. The van der Waals surface area contributed by atoms with Crippen LogP contribution in [0.3, 0.4) is 0 Å². The largest absolute Gasteiger partial charge is 0.481 e. The van der Waals surface area contributed by atoms with Crippen molar-refractivity contribution in [2.45, 2.75) is 5.92 Å². The number of piperidine rings is 1. The van der Waals surface area contributed by atoms with Crippen LogP contribution in [0.4, 0.5) is 0 Å². The van der Waals surface area contributed by atoms with E-state index in [2.05, 4.69) is 5.32 Å². The highest BCUT2D eigenvalue weighted by Crippen LogP contribution is 2.37. The SMILES string of the molecule is O=C(O)C1CNCC(C(=O)O)C1c1cccs1. The molecule has 2 unspecified atom stereocenters. The van der Waals surface area contributed by atoms with Gasteiger partial charge in [-0.3, -0.25) is 9.59 Å². The Kier molecular flexibility index (Phi) is 3.44. The van der Waals surface area contributed by atoms with Crippen molar-refractivity contribution < 1.29 is 19.8 Å². The average molecular weight is 255 g/mol. The number of carboxylic acid groups (broad SMARTS) is 2. The number of carboxylic acids is 2. The first-order valence-electron chi connectivity index (χ1n) is 5.31. The molecule has 5 nitrogen and oxygen atoms in total. The van der Waals surface area contributed by atoms with Gasteiger partial charge in [-0.25, -0.2) is 0 Å². The highest BCUT2D eigenvalue weighted by Gasteiger charge is 2.42. The third kappa shape index (κ3) is 2.32. The Balaban J connectivity index is 2.35. The number of thiophene rings is 1. The standard InChI is InChI=1S/C11H13NO4S/c13-10(14)6-4-12-5-7(11(15)16)9(6)8-2-1-3-17-8/h1-3,6-7,9,12H,4-5H2,(H,13,14)(H,15,16). The first-order chi connectivity index (χ1) is 8.11. The fraction of sp³-hybridized carbons (Fsp3) is 0.455. The molecular weight excluding hydrogens is 242 g/mol. The second-order valence-electron chi connectivity index (χ2n) is 4.09. The van der Waals surface area contributed by atoms with Gasteiger partial charge in [0, 0.05) is 23.9 Å². The van der Waals surface area contributed by atoms with E-state index in [0.717, 1.165) is 4.88 Å². The number of hydrogen-bond donors (Lipinski definition) is 3. The Morgan fingerprint density at radius 2 is 1.82 bits per heavy atom. The number of nitrogens with one attached hydrogen (secondary N) is 1. The van der Waals surface area contributed by atoms with Crippen molar-refractivity contribution in [3.8, 4) is 0 Å². The molecule has 2 rings (SSSR count). The Labute approximate surface area is 102 Å². The Morgan fingerprint density at radius 3 is 2.24 bits per heavy atom. The van der Waals surface area contributed by atoms with Crippen molar-refractivity contribution in [1.29, 1.82) is 0 Å². The van der Waals surface area contributed by atoms with E-state index in [9.17, 15) is 19.8 Å². The Bertz CT molecular complexity index is 395. The number of carbonyl (C=O) groups is 2. The van der Waals surface area contributed by atoms with E-state index < -0.39 is 29.7 Å². The molecule has 0 spiro atoms. The van der Waals surface area contributed by atoms with Crippen LogP contribution in [0, 0.1) is 11.8 Å². The molecule has 17 heavy (non-hydrogen) atoms. The molecule has 1 aromatic heterocycles. The van der Waals surface area contributed by atoms with Crippen LogP contribution in [0.5, 0.6) is 0 Å². The summed E-state index contributed by atoms with van der Waals surface area (Å²) in [4.78, 5) is 23.2. The summed E-state index contributed by atoms with van der Waals surface area (Å²) in [7, 11) is 0. The van der Waals surface area contributed by atoms with E-state index >= 15 is 0 Å². The van der Waals surface area contributed by atoms with E-state index in [1.807, 2.05) is 17.5 Å². The lowest BCUT2D eigenvalue weighted by Crippen LogP contribution is -2.47. The molecule has 1 fully saturated rings. The van der Waals surface area contributed by atoms with Crippen LogP contribution in [0.25, 0.3) is 0 Å². The third-order valence-corrected chi connectivity index (χ3v) is 4.08. The summed E-state index contributed by atoms with van der Waals surface area (Å²) in [6.07, 6.45) is 0. The zero-order valence-electron chi connectivity index (χ0n) is 9.00. The summed E-state index contributed by atoms with van der Waals surface area (Å²) < 4.78 is 0. The number of hydrogen-bond acceptors (Lipinski definition) is 4. The van der Waals surface area contributed by atoms with Crippen LogP contribution in [0.1, 0.15) is 10.8 Å². The minimum atomic E-state index is -0.943. The van der Waals surface area contributed by atoms with Crippen LogP contribution in [0.15, 0.2) is 17.5 Å². The second kappa shape index (κ2) is 4.85. The first-order valence-corrected chi connectivity index (χ1v) is 6.19. The molecular formula is C11H13NO4S. The molecule has 1 aliphatic heterocycles. The number of rotatable bonds is 3. The molecule has 1 aliphatic rings. The fourth-order valence-corrected chi connectivity index (χ4v) is 3.25. The van der Waals surface area contributed by atoms with E-state index in [4.69, 9.17) is 0 Å². The van der Waals surface area contributed by atoms with E-state index in [0.29, 0.717) is 13.1 Å². The molecule has 3 N–H and O–H groups in total. The quantitative estimate of drug-likeness (QED) is 0.745. The summed E-state index contributed by atoms with van der Waals surface area (Å²) in [6.45, 7) is 0.642. The van der Waals surface area contributed by atoms with Crippen LogP contribution in [-0.2, 0) is 9.59 Å². The molecule has 2 atom stereocenters. The molecule has 0 amide bonds. The highest BCUT2D eigenvalue weighted by atomic mass is 32.1. The maximum Gasteiger partial charge on any atom is 0.308 e. The molecule has 1 saturated heterocycles. The van der Waals surface area contributed by atoms with E-state index in [1.165, 1.54) is 11.3 Å². The van der Waals surface area contributed by atoms with Crippen molar-refractivity contribution in [2.75, 3.05) is 13.1 Å². The van der Waals surface area contributed by atoms with Gasteiger partial charge in [-0.1, -0.05) is 6.07 Å². The molecule has 0 bridgehead atoms. The monoisotopic (exact) mass is 255 g/mol. The zero-order chi connectivity index (χ0) is 12.4. The van der Waals surface area contributed by atoms with Crippen LogP contribution in [0.2, 0.25) is 0 Å². The maximum atomic E-state index is 11.2. The Hall–Kier alpha value is -1.40. The van der Waals surface area contributed by atoms with Gasteiger partial charge >= 0.3 is 11.9 Å². The highest BCUT2D eigenvalue weighted by molar-refractivity contribution is 7.10. The smallest absolute Gasteiger partial charge is 0.308 e. The van der Waals surface area contributed by atoms with Gasteiger partial charge in [0.1, 0.15) is 0 Å². The van der Waals surface area contributed by atoms with Gasteiger partial charge in [0.15, 0.2) is 0 Å². The van der Waals surface area contributed by atoms with Gasteiger partial charge in [0.2, 0.25) is 0 Å². The lowest BCUT2D eigenvalue weighted by molar-refractivity contribution is -0.148. The Morgan fingerprint density at radius 1 is 1.24 bits per heavy atom. The van der Waals surface area contributed by atoms with Crippen molar-refractivity contribution in [3.05, 3.63) is 22.4 Å². The van der Waals surface area contributed by atoms with E-state index in [1.54, 1.807) is 0 Å². The average Bonchev–Trinajstić information content (AvgIpc) is 2.80. The molecule has 0 aliphatic carbocycles. The summed E-state index contributed by atoms with van der Waals surface area (Å²) >= 11 is 1.42. The van der Waals surface area contributed by atoms with Crippen LogP contribution < -0.4 is 5.32 Å². The second-order valence-corrected chi connectivity index (χ2v) is 5.07. The number of aliphatic carboxylic acids is 2. The fourth-order valence-electron chi connectivity index (χ4n) is 2.29. The van der Waals surface area contributed by atoms with Crippen molar-refractivity contribution in [1.82, 2.24) is 5.32 Å². The van der Waals surface area contributed by atoms with Crippen molar-refractivity contribution in [3.63, 3.8) is 0 Å². The molecule has 92 valence electrons. The van der Waals surface area contributed by atoms with E-state index in [-0.39, 0.29) is 0 Å². The first kappa shape index (κ1) is 12.1. The van der Waals surface area contributed by atoms with Gasteiger partial charge in [-0.2, -0.15) is 0 Å². The maximum absolute atomic E-state index is 11.2. The lowest BCUT2D eigenvalue weighted by Gasteiger charge is -2.33.